The highest BCUT2D eigenvalue weighted by molar-refractivity contribution is 5.70. The number of unbranched alkanes of at least 4 members (excludes halogenated alkanes) is 25. The standard InChI is InChI=1S/C39H74O5/c1-3-5-7-9-11-13-15-17-18-19-20-21-22-24-25-27-29-31-33-38(41)43-36-37(35-40)44-39(42)34-32-30-28-26-23-16-14-12-10-8-6-4-2/h12,14,37,40H,3-11,13,15-36H2,1-2H3/b14-12-. The van der Waals surface area contributed by atoms with E-state index in [1.54, 1.807) is 0 Å². The van der Waals surface area contributed by atoms with Crippen LogP contribution < -0.4 is 0 Å². The Bertz CT molecular complexity index is 632. The van der Waals surface area contributed by atoms with Crippen LogP contribution in [0.4, 0.5) is 0 Å². The molecule has 0 heterocycles. The van der Waals surface area contributed by atoms with E-state index in [0.717, 1.165) is 38.5 Å². The highest BCUT2D eigenvalue weighted by Crippen LogP contribution is 2.15. The Labute approximate surface area is 273 Å². The van der Waals surface area contributed by atoms with E-state index in [9.17, 15) is 14.7 Å². The summed E-state index contributed by atoms with van der Waals surface area (Å²) in [5, 5.41) is 9.53. The van der Waals surface area contributed by atoms with Crippen LogP contribution in [-0.4, -0.2) is 36.4 Å². The van der Waals surface area contributed by atoms with Gasteiger partial charge >= 0.3 is 11.9 Å². The van der Waals surface area contributed by atoms with Crippen LogP contribution in [0.15, 0.2) is 12.2 Å². The molecule has 0 radical (unpaired) electrons. The zero-order valence-corrected chi connectivity index (χ0v) is 29.4. The number of carbonyl (C=O) groups excluding carboxylic acids is 2. The molecule has 0 saturated heterocycles. The molecule has 0 aromatic rings. The molecule has 0 aromatic heterocycles. The number of ether oxygens (including phenoxy) is 2. The summed E-state index contributed by atoms with van der Waals surface area (Å²) in [6.45, 7) is 4.12. The minimum atomic E-state index is -0.768. The summed E-state index contributed by atoms with van der Waals surface area (Å²) in [6, 6.07) is 0. The molecule has 0 fully saturated rings. The third-order valence-corrected chi connectivity index (χ3v) is 8.56. The number of allylic oxidation sites excluding steroid dienone is 2. The van der Waals surface area contributed by atoms with Gasteiger partial charge in [0.1, 0.15) is 6.61 Å². The maximum atomic E-state index is 12.1. The maximum absolute atomic E-state index is 12.1. The molecule has 0 saturated carbocycles. The normalized spacial score (nSPS) is 12.2. The number of hydrogen-bond acceptors (Lipinski definition) is 5. The molecule has 0 aliphatic rings. The Morgan fingerprint density at radius 1 is 0.500 bits per heavy atom. The number of rotatable bonds is 35. The van der Waals surface area contributed by atoms with Crippen LogP contribution in [0.5, 0.6) is 0 Å². The number of carbonyl (C=O) groups is 2. The van der Waals surface area contributed by atoms with Crippen LogP contribution in [0.1, 0.15) is 206 Å². The average Bonchev–Trinajstić information content (AvgIpc) is 3.02. The summed E-state index contributed by atoms with van der Waals surface area (Å²) in [5.41, 5.74) is 0. The first-order valence-electron chi connectivity index (χ1n) is 19.2. The summed E-state index contributed by atoms with van der Waals surface area (Å²) in [7, 11) is 0. The lowest BCUT2D eigenvalue weighted by atomic mass is 10.0. The summed E-state index contributed by atoms with van der Waals surface area (Å²) >= 11 is 0. The van der Waals surface area contributed by atoms with Crippen LogP contribution in [0, 0.1) is 0 Å². The molecule has 0 spiro atoms. The second kappa shape index (κ2) is 36.1. The first kappa shape index (κ1) is 42.6. The van der Waals surface area contributed by atoms with Gasteiger partial charge in [-0.15, -0.1) is 0 Å². The second-order valence-electron chi connectivity index (χ2n) is 13.0. The fraction of sp³-hybridized carbons (Fsp3) is 0.897. The fourth-order valence-corrected chi connectivity index (χ4v) is 5.61. The third kappa shape index (κ3) is 33.5. The van der Waals surface area contributed by atoms with E-state index in [2.05, 4.69) is 26.0 Å². The van der Waals surface area contributed by atoms with Gasteiger partial charge in [0.2, 0.25) is 0 Å². The van der Waals surface area contributed by atoms with E-state index in [1.165, 1.54) is 141 Å². The lowest BCUT2D eigenvalue weighted by molar-refractivity contribution is -0.161. The average molecular weight is 623 g/mol. The minimum absolute atomic E-state index is 0.0634. The Kier molecular flexibility index (Phi) is 35.0. The van der Waals surface area contributed by atoms with Crippen molar-refractivity contribution < 1.29 is 24.2 Å². The largest absolute Gasteiger partial charge is 0.462 e. The fourth-order valence-electron chi connectivity index (χ4n) is 5.61. The Hall–Kier alpha value is -1.36. The Morgan fingerprint density at radius 2 is 0.841 bits per heavy atom. The molecular formula is C39H74O5. The van der Waals surface area contributed by atoms with Crippen molar-refractivity contribution in [3.63, 3.8) is 0 Å². The third-order valence-electron chi connectivity index (χ3n) is 8.56. The van der Waals surface area contributed by atoms with E-state index in [0.29, 0.717) is 12.8 Å². The number of aliphatic hydroxyl groups is 1. The van der Waals surface area contributed by atoms with Crippen molar-refractivity contribution in [1.29, 1.82) is 0 Å². The molecule has 0 amide bonds. The summed E-state index contributed by atoms with van der Waals surface area (Å²) in [5.74, 6) is -0.592. The molecule has 0 bridgehead atoms. The van der Waals surface area contributed by atoms with Crippen LogP contribution in [0.2, 0.25) is 0 Å². The molecule has 5 nitrogen and oxygen atoms in total. The Balaban J connectivity index is 3.50. The predicted molar refractivity (Wildman–Crippen MR) is 187 cm³/mol. The van der Waals surface area contributed by atoms with Gasteiger partial charge in [0.25, 0.3) is 0 Å². The lowest BCUT2D eigenvalue weighted by Crippen LogP contribution is -2.28. The van der Waals surface area contributed by atoms with Gasteiger partial charge in [0.05, 0.1) is 6.61 Å². The van der Waals surface area contributed by atoms with E-state index >= 15 is 0 Å². The molecule has 44 heavy (non-hydrogen) atoms. The van der Waals surface area contributed by atoms with Gasteiger partial charge in [-0.1, -0.05) is 167 Å². The molecule has 260 valence electrons. The van der Waals surface area contributed by atoms with E-state index < -0.39 is 6.10 Å². The van der Waals surface area contributed by atoms with E-state index in [4.69, 9.17) is 9.47 Å². The van der Waals surface area contributed by atoms with E-state index in [1.807, 2.05) is 0 Å². The van der Waals surface area contributed by atoms with Crippen molar-refractivity contribution in [3.05, 3.63) is 12.2 Å². The van der Waals surface area contributed by atoms with Crippen LogP contribution >= 0.6 is 0 Å². The van der Waals surface area contributed by atoms with Crippen molar-refractivity contribution in [1.82, 2.24) is 0 Å². The van der Waals surface area contributed by atoms with Gasteiger partial charge in [0, 0.05) is 12.8 Å². The molecule has 1 atom stereocenters. The molecule has 5 heteroatoms. The quantitative estimate of drug-likeness (QED) is 0.0432. The molecule has 0 rings (SSSR count). The van der Waals surface area contributed by atoms with Crippen LogP contribution in [0.3, 0.4) is 0 Å². The monoisotopic (exact) mass is 623 g/mol. The smallest absolute Gasteiger partial charge is 0.306 e. The first-order valence-corrected chi connectivity index (χ1v) is 19.2. The molecule has 0 aliphatic carbocycles. The molecular weight excluding hydrogens is 548 g/mol. The SMILES string of the molecule is CCCCC/C=C\CCCCCCCC(=O)OC(CO)COC(=O)CCCCCCCCCCCCCCCCCCCC. The topological polar surface area (TPSA) is 72.8 Å². The van der Waals surface area contributed by atoms with Crippen molar-refractivity contribution in [2.75, 3.05) is 13.2 Å². The van der Waals surface area contributed by atoms with Gasteiger partial charge in [-0.25, -0.2) is 0 Å². The minimum Gasteiger partial charge on any atom is -0.462 e. The second-order valence-corrected chi connectivity index (χ2v) is 13.0. The van der Waals surface area contributed by atoms with Crippen molar-refractivity contribution in [3.8, 4) is 0 Å². The highest BCUT2D eigenvalue weighted by atomic mass is 16.6. The van der Waals surface area contributed by atoms with Gasteiger partial charge in [-0.05, 0) is 38.5 Å². The lowest BCUT2D eigenvalue weighted by Gasteiger charge is -2.15. The molecule has 0 aliphatic heterocycles. The number of esters is 2. The predicted octanol–water partition coefficient (Wildman–Crippen LogP) is 11.7. The molecule has 1 N–H and O–H groups in total. The van der Waals surface area contributed by atoms with Crippen molar-refractivity contribution >= 4 is 11.9 Å². The molecule has 1 unspecified atom stereocenters. The maximum Gasteiger partial charge on any atom is 0.306 e. The summed E-state index contributed by atoms with van der Waals surface area (Å²) < 4.78 is 10.6. The van der Waals surface area contributed by atoms with Gasteiger partial charge < -0.3 is 14.6 Å². The van der Waals surface area contributed by atoms with E-state index in [-0.39, 0.29) is 25.2 Å². The Morgan fingerprint density at radius 3 is 1.27 bits per heavy atom. The number of hydrogen-bond donors (Lipinski definition) is 1. The van der Waals surface area contributed by atoms with Crippen LogP contribution in [-0.2, 0) is 19.1 Å². The summed E-state index contributed by atoms with van der Waals surface area (Å²) in [4.78, 5) is 24.2. The molecule has 0 aromatic carbocycles. The highest BCUT2D eigenvalue weighted by Gasteiger charge is 2.16. The van der Waals surface area contributed by atoms with Gasteiger partial charge in [-0.3, -0.25) is 9.59 Å². The van der Waals surface area contributed by atoms with Crippen LogP contribution in [0.25, 0.3) is 0 Å². The zero-order valence-electron chi connectivity index (χ0n) is 29.4. The van der Waals surface area contributed by atoms with Gasteiger partial charge in [0.15, 0.2) is 6.10 Å². The van der Waals surface area contributed by atoms with Crippen molar-refractivity contribution in [2.45, 2.75) is 213 Å². The van der Waals surface area contributed by atoms with Crippen molar-refractivity contribution in [2.24, 2.45) is 0 Å². The van der Waals surface area contributed by atoms with Gasteiger partial charge in [-0.2, -0.15) is 0 Å². The first-order chi connectivity index (χ1) is 21.6. The zero-order chi connectivity index (χ0) is 32.2. The number of aliphatic hydroxyl groups excluding tert-OH is 1. The summed E-state index contributed by atoms with van der Waals surface area (Å²) in [6.07, 6.45) is 39.9.